The lowest BCUT2D eigenvalue weighted by Gasteiger charge is -2.17. The molecule has 0 saturated heterocycles. The number of carbonyl (C=O) groups is 1. The second-order valence-electron chi connectivity index (χ2n) is 3.64. The average Bonchev–Trinajstić information content (AvgIpc) is 2.88. The zero-order valence-corrected chi connectivity index (χ0v) is 11.5. The van der Waals surface area contributed by atoms with Crippen molar-refractivity contribution in [1.82, 2.24) is 19.7 Å². The number of aromatic nitrogens is 3. The van der Waals surface area contributed by atoms with E-state index in [9.17, 15) is 13.2 Å². The smallest absolute Gasteiger partial charge is 0.315 e. The van der Waals surface area contributed by atoms with Crippen LogP contribution < -0.4 is 0 Å². The second kappa shape index (κ2) is 6.28. The van der Waals surface area contributed by atoms with Crippen molar-refractivity contribution in [1.29, 1.82) is 0 Å². The molecule has 1 heterocycles. The van der Waals surface area contributed by atoms with E-state index in [0.29, 0.717) is 13.1 Å². The van der Waals surface area contributed by atoms with E-state index in [-0.39, 0.29) is 10.9 Å². The van der Waals surface area contributed by atoms with Crippen LogP contribution in [0.2, 0.25) is 0 Å². The first kappa shape index (κ1) is 15.1. The molecule has 1 rings (SSSR count). The van der Waals surface area contributed by atoms with Gasteiger partial charge in [0, 0.05) is 13.1 Å². The Labute approximate surface area is 112 Å². The third-order valence-corrected chi connectivity index (χ3v) is 3.80. The van der Waals surface area contributed by atoms with Gasteiger partial charge in [-0.15, -0.1) is 18.3 Å². The maximum atomic E-state index is 12.0. The third-order valence-electron chi connectivity index (χ3n) is 2.29. The molecular formula is C11H16N4O3S. The summed E-state index contributed by atoms with van der Waals surface area (Å²) < 4.78 is 24.0. The highest BCUT2D eigenvalue weighted by Crippen LogP contribution is 2.04. The van der Waals surface area contributed by atoms with Crippen LogP contribution in [-0.4, -0.2) is 53.0 Å². The summed E-state index contributed by atoms with van der Waals surface area (Å²) in [7, 11) is -3.52. The van der Waals surface area contributed by atoms with E-state index in [1.165, 1.54) is 11.8 Å². The molecule has 0 saturated carbocycles. The van der Waals surface area contributed by atoms with Gasteiger partial charge >= 0.3 is 6.03 Å². The van der Waals surface area contributed by atoms with Gasteiger partial charge in [-0.05, 0) is 0 Å². The predicted octanol–water partition coefficient (Wildman–Crippen LogP) is 0.714. The molecule has 0 bridgehead atoms. The summed E-state index contributed by atoms with van der Waals surface area (Å²) >= 11 is 0. The topological polar surface area (TPSA) is 85.2 Å². The highest BCUT2D eigenvalue weighted by molar-refractivity contribution is 7.91. The van der Waals surface area contributed by atoms with Crippen molar-refractivity contribution in [3.63, 3.8) is 0 Å². The van der Waals surface area contributed by atoms with Crippen LogP contribution in [0.1, 0.15) is 6.92 Å². The van der Waals surface area contributed by atoms with Crippen molar-refractivity contribution in [2.24, 2.45) is 0 Å². The molecule has 7 nitrogen and oxygen atoms in total. The number of sulfone groups is 1. The van der Waals surface area contributed by atoms with Gasteiger partial charge in [-0.3, -0.25) is 0 Å². The van der Waals surface area contributed by atoms with Crippen LogP contribution in [0.25, 0.3) is 0 Å². The minimum absolute atomic E-state index is 0.117. The first-order chi connectivity index (χ1) is 8.96. The van der Waals surface area contributed by atoms with Gasteiger partial charge in [-0.2, -0.15) is 4.68 Å². The van der Waals surface area contributed by atoms with Crippen LogP contribution in [0.5, 0.6) is 0 Å². The molecule has 0 aromatic carbocycles. The van der Waals surface area contributed by atoms with E-state index < -0.39 is 15.9 Å². The van der Waals surface area contributed by atoms with Crippen molar-refractivity contribution in [3.8, 4) is 0 Å². The quantitative estimate of drug-likeness (QED) is 0.718. The fourth-order valence-corrected chi connectivity index (χ4v) is 1.98. The Morgan fingerprint density at radius 1 is 1.42 bits per heavy atom. The Morgan fingerprint density at radius 3 is 2.47 bits per heavy atom. The Kier molecular flexibility index (Phi) is 4.99. The van der Waals surface area contributed by atoms with Crippen LogP contribution in [0.15, 0.2) is 36.8 Å². The predicted molar refractivity (Wildman–Crippen MR) is 70.5 cm³/mol. The van der Waals surface area contributed by atoms with E-state index in [0.717, 1.165) is 11.0 Å². The lowest BCUT2D eigenvalue weighted by Crippen LogP contribution is -2.35. The maximum absolute atomic E-state index is 12.0. The summed E-state index contributed by atoms with van der Waals surface area (Å²) in [5.74, 6) is -0.117. The standard InChI is InChI=1S/C11H16N4O3S/c1-4-7-14(8-5-2)11(16)15-9-12-10(13-15)19(17,18)6-3/h4-5,9H,1-2,6-8H2,3H3. The molecule has 1 aromatic rings. The molecular weight excluding hydrogens is 268 g/mol. The first-order valence-corrected chi connectivity index (χ1v) is 7.27. The summed E-state index contributed by atoms with van der Waals surface area (Å²) in [5.41, 5.74) is 0. The van der Waals surface area contributed by atoms with Gasteiger partial charge in [0.2, 0.25) is 9.84 Å². The molecule has 8 heteroatoms. The van der Waals surface area contributed by atoms with E-state index in [2.05, 4.69) is 23.2 Å². The maximum Gasteiger partial charge on any atom is 0.346 e. The Morgan fingerprint density at radius 2 is 2.00 bits per heavy atom. The lowest BCUT2D eigenvalue weighted by atomic mass is 10.5. The molecule has 0 aliphatic rings. The SMILES string of the molecule is C=CCN(CC=C)C(=O)n1cnc(S(=O)(=O)CC)n1. The Hall–Kier alpha value is -1.96. The molecule has 0 radical (unpaired) electrons. The van der Waals surface area contributed by atoms with Crippen LogP contribution >= 0.6 is 0 Å². The van der Waals surface area contributed by atoms with Gasteiger partial charge in [-0.25, -0.2) is 18.2 Å². The van der Waals surface area contributed by atoms with Crippen molar-refractivity contribution in [3.05, 3.63) is 31.6 Å². The van der Waals surface area contributed by atoms with Gasteiger partial charge in [0.15, 0.2) is 0 Å². The third kappa shape index (κ3) is 3.50. The minimum atomic E-state index is -3.52. The average molecular weight is 284 g/mol. The van der Waals surface area contributed by atoms with Gasteiger partial charge in [0.05, 0.1) is 5.75 Å². The molecule has 0 aliphatic carbocycles. The van der Waals surface area contributed by atoms with E-state index in [1.54, 1.807) is 12.2 Å². The van der Waals surface area contributed by atoms with Crippen molar-refractivity contribution < 1.29 is 13.2 Å². The summed E-state index contributed by atoms with van der Waals surface area (Å²) in [6, 6.07) is -0.482. The molecule has 104 valence electrons. The van der Waals surface area contributed by atoms with Crippen LogP contribution in [0.3, 0.4) is 0 Å². The number of amides is 1. The number of carbonyl (C=O) groups excluding carboxylic acids is 1. The van der Waals surface area contributed by atoms with E-state index in [4.69, 9.17) is 0 Å². The van der Waals surface area contributed by atoms with Gasteiger partial charge in [0.1, 0.15) is 6.33 Å². The monoisotopic (exact) mass is 284 g/mol. The van der Waals surface area contributed by atoms with Gasteiger partial charge < -0.3 is 4.90 Å². The molecule has 1 aromatic heterocycles. The molecule has 0 fully saturated rings. The zero-order chi connectivity index (χ0) is 14.5. The minimum Gasteiger partial charge on any atom is -0.315 e. The second-order valence-corrected chi connectivity index (χ2v) is 5.81. The van der Waals surface area contributed by atoms with Crippen molar-refractivity contribution in [2.45, 2.75) is 12.1 Å². The van der Waals surface area contributed by atoms with E-state index >= 15 is 0 Å². The molecule has 0 unspecified atom stereocenters. The normalized spacial score (nSPS) is 11.0. The van der Waals surface area contributed by atoms with Crippen LogP contribution in [0.4, 0.5) is 4.79 Å². The van der Waals surface area contributed by atoms with E-state index in [1.807, 2.05) is 0 Å². The largest absolute Gasteiger partial charge is 0.346 e. The van der Waals surface area contributed by atoms with Crippen LogP contribution in [0, 0.1) is 0 Å². The highest BCUT2D eigenvalue weighted by atomic mass is 32.2. The summed E-state index contributed by atoms with van der Waals surface area (Å²) in [5, 5.41) is 3.35. The highest BCUT2D eigenvalue weighted by Gasteiger charge is 2.21. The van der Waals surface area contributed by atoms with Gasteiger partial charge in [0.25, 0.3) is 5.16 Å². The fraction of sp³-hybridized carbons (Fsp3) is 0.364. The number of nitrogens with zero attached hydrogens (tertiary/aromatic N) is 4. The molecule has 0 spiro atoms. The molecule has 0 N–H and O–H groups in total. The zero-order valence-electron chi connectivity index (χ0n) is 10.7. The molecule has 0 atom stereocenters. The van der Waals surface area contributed by atoms with Crippen molar-refractivity contribution in [2.75, 3.05) is 18.8 Å². The summed E-state index contributed by atoms with van der Waals surface area (Å²) in [6.45, 7) is 9.19. The summed E-state index contributed by atoms with van der Waals surface area (Å²) in [4.78, 5) is 17.1. The number of hydrogen-bond acceptors (Lipinski definition) is 5. The van der Waals surface area contributed by atoms with Crippen LogP contribution in [-0.2, 0) is 9.84 Å². The Balaban J connectivity index is 3.00. The fourth-order valence-electron chi connectivity index (χ4n) is 1.30. The molecule has 0 aliphatic heterocycles. The number of hydrogen-bond donors (Lipinski definition) is 0. The number of rotatable bonds is 6. The summed E-state index contributed by atoms with van der Waals surface area (Å²) in [6.07, 6.45) is 4.20. The van der Waals surface area contributed by atoms with Crippen molar-refractivity contribution >= 4 is 15.9 Å². The Bertz CT molecular complexity index is 567. The molecule has 1 amide bonds. The lowest BCUT2D eigenvalue weighted by molar-refractivity contribution is 0.206. The first-order valence-electron chi connectivity index (χ1n) is 5.61. The molecule has 19 heavy (non-hydrogen) atoms. The van der Waals surface area contributed by atoms with Gasteiger partial charge in [-0.1, -0.05) is 19.1 Å².